The lowest BCUT2D eigenvalue weighted by Crippen LogP contribution is -2.40. The molecule has 6 nitrogen and oxygen atoms in total. The first-order valence-electron chi connectivity index (χ1n) is 6.03. The minimum Gasteiger partial charge on any atom is -0.399 e. The van der Waals surface area contributed by atoms with Gasteiger partial charge < -0.3 is 22.1 Å². The van der Waals surface area contributed by atoms with Gasteiger partial charge in [-0.2, -0.15) is 0 Å². The fourth-order valence-electron chi connectivity index (χ4n) is 1.83. The molecular formula is C13H20N4O2. The van der Waals surface area contributed by atoms with Crippen molar-refractivity contribution >= 4 is 23.2 Å². The molecule has 0 unspecified atom stereocenters. The molecule has 19 heavy (non-hydrogen) atoms. The predicted molar refractivity (Wildman–Crippen MR) is 75.2 cm³/mol. The summed E-state index contributed by atoms with van der Waals surface area (Å²) in [6, 6.07) is 4.64. The summed E-state index contributed by atoms with van der Waals surface area (Å²) in [5, 5.41) is 0. The maximum absolute atomic E-state index is 12.3. The number of amides is 2. The van der Waals surface area contributed by atoms with E-state index >= 15 is 0 Å². The molecule has 0 spiro atoms. The maximum atomic E-state index is 12.3. The van der Waals surface area contributed by atoms with Crippen LogP contribution in [0.1, 0.15) is 24.2 Å². The van der Waals surface area contributed by atoms with Crippen LogP contribution < -0.4 is 17.2 Å². The zero-order valence-electron chi connectivity index (χ0n) is 11.2. The number of nitrogens with zero attached hydrogens (tertiary/aromatic N) is 1. The summed E-state index contributed by atoms with van der Waals surface area (Å²) in [5.41, 5.74) is 17.7. The van der Waals surface area contributed by atoms with Gasteiger partial charge in [0.15, 0.2) is 0 Å². The van der Waals surface area contributed by atoms with Gasteiger partial charge in [-0.25, -0.2) is 0 Å². The van der Waals surface area contributed by atoms with E-state index in [9.17, 15) is 9.59 Å². The van der Waals surface area contributed by atoms with Gasteiger partial charge >= 0.3 is 0 Å². The van der Waals surface area contributed by atoms with Crippen molar-refractivity contribution in [2.24, 2.45) is 11.7 Å². The molecule has 0 heterocycles. The molecule has 0 radical (unpaired) electrons. The maximum Gasteiger partial charge on any atom is 0.254 e. The van der Waals surface area contributed by atoms with Crippen LogP contribution in [0.4, 0.5) is 11.4 Å². The minimum atomic E-state index is -0.550. The first-order valence-corrected chi connectivity index (χ1v) is 6.03. The topological polar surface area (TPSA) is 115 Å². The van der Waals surface area contributed by atoms with E-state index in [1.54, 1.807) is 6.07 Å². The fourth-order valence-corrected chi connectivity index (χ4v) is 1.83. The molecule has 0 aliphatic rings. The largest absolute Gasteiger partial charge is 0.399 e. The molecule has 0 saturated heterocycles. The Morgan fingerprint density at radius 3 is 2.11 bits per heavy atom. The Bertz CT molecular complexity index is 465. The lowest BCUT2D eigenvalue weighted by molar-refractivity contribution is -0.118. The van der Waals surface area contributed by atoms with Gasteiger partial charge in [-0.1, -0.05) is 13.8 Å². The fraction of sp³-hybridized carbons (Fsp3) is 0.385. The van der Waals surface area contributed by atoms with Gasteiger partial charge in [-0.05, 0) is 24.1 Å². The van der Waals surface area contributed by atoms with Crippen molar-refractivity contribution in [2.75, 3.05) is 24.6 Å². The molecule has 0 aliphatic heterocycles. The number of nitrogens with two attached hydrogens (primary N) is 3. The highest BCUT2D eigenvalue weighted by Gasteiger charge is 2.19. The molecule has 1 rings (SSSR count). The first-order chi connectivity index (χ1) is 8.79. The summed E-state index contributed by atoms with van der Waals surface area (Å²) >= 11 is 0. The van der Waals surface area contributed by atoms with Crippen LogP contribution in [0.5, 0.6) is 0 Å². The highest BCUT2D eigenvalue weighted by molar-refractivity contribution is 5.97. The predicted octanol–water partition coefficient (Wildman–Crippen LogP) is 0.435. The van der Waals surface area contributed by atoms with Gasteiger partial charge in [0.25, 0.3) is 5.91 Å². The number of hydrogen-bond acceptors (Lipinski definition) is 4. The molecule has 0 saturated carbocycles. The van der Waals surface area contributed by atoms with Crippen LogP contribution in [0.2, 0.25) is 0 Å². The van der Waals surface area contributed by atoms with E-state index in [4.69, 9.17) is 17.2 Å². The number of benzene rings is 1. The second-order valence-electron chi connectivity index (χ2n) is 4.93. The van der Waals surface area contributed by atoms with Crippen molar-refractivity contribution in [3.8, 4) is 0 Å². The van der Waals surface area contributed by atoms with Crippen LogP contribution in [-0.2, 0) is 4.79 Å². The zero-order valence-corrected chi connectivity index (χ0v) is 11.2. The molecule has 0 bridgehead atoms. The molecule has 0 fully saturated rings. The Hall–Kier alpha value is -2.24. The molecule has 1 aromatic rings. The number of hydrogen-bond donors (Lipinski definition) is 3. The van der Waals surface area contributed by atoms with Crippen molar-refractivity contribution in [3.63, 3.8) is 0 Å². The standard InChI is InChI=1S/C13H20N4O2/c1-8(2)6-17(7-12(16)18)13(19)9-3-10(14)5-11(15)4-9/h3-5,8H,6-7,14-15H2,1-2H3,(H2,16,18). The van der Waals surface area contributed by atoms with E-state index < -0.39 is 5.91 Å². The third-order valence-electron chi connectivity index (χ3n) is 2.44. The number of primary amides is 1. The van der Waals surface area contributed by atoms with Crippen molar-refractivity contribution in [1.29, 1.82) is 0 Å². The Morgan fingerprint density at radius 2 is 1.68 bits per heavy atom. The second-order valence-corrected chi connectivity index (χ2v) is 4.93. The zero-order chi connectivity index (χ0) is 14.6. The molecule has 0 aliphatic carbocycles. The third kappa shape index (κ3) is 4.50. The van der Waals surface area contributed by atoms with Crippen LogP contribution in [-0.4, -0.2) is 29.8 Å². The van der Waals surface area contributed by atoms with E-state index in [2.05, 4.69) is 0 Å². The summed E-state index contributed by atoms with van der Waals surface area (Å²) in [7, 11) is 0. The summed E-state index contributed by atoms with van der Waals surface area (Å²) < 4.78 is 0. The second kappa shape index (κ2) is 6.08. The van der Waals surface area contributed by atoms with E-state index in [1.807, 2.05) is 13.8 Å². The van der Waals surface area contributed by atoms with E-state index in [0.717, 1.165) is 0 Å². The Kier molecular flexibility index (Phi) is 4.74. The Labute approximate surface area is 112 Å². The summed E-state index contributed by atoms with van der Waals surface area (Å²) in [4.78, 5) is 24.8. The summed E-state index contributed by atoms with van der Waals surface area (Å²) in [6.07, 6.45) is 0. The van der Waals surface area contributed by atoms with Crippen LogP contribution in [0.15, 0.2) is 18.2 Å². The quantitative estimate of drug-likeness (QED) is 0.669. The van der Waals surface area contributed by atoms with Crippen LogP contribution >= 0.6 is 0 Å². The summed E-state index contributed by atoms with van der Waals surface area (Å²) in [6.45, 7) is 4.23. The number of carbonyl (C=O) groups is 2. The van der Waals surface area contributed by atoms with Crippen molar-refractivity contribution in [1.82, 2.24) is 4.90 Å². The molecular weight excluding hydrogens is 244 g/mol. The van der Waals surface area contributed by atoms with E-state index in [1.165, 1.54) is 17.0 Å². The summed E-state index contributed by atoms with van der Waals surface area (Å²) in [5.74, 6) is -0.626. The number of anilines is 2. The van der Waals surface area contributed by atoms with E-state index in [-0.39, 0.29) is 18.4 Å². The van der Waals surface area contributed by atoms with Gasteiger partial charge in [0.05, 0.1) is 6.54 Å². The van der Waals surface area contributed by atoms with Crippen LogP contribution in [0.3, 0.4) is 0 Å². The monoisotopic (exact) mass is 264 g/mol. The van der Waals surface area contributed by atoms with Crippen molar-refractivity contribution in [2.45, 2.75) is 13.8 Å². The molecule has 104 valence electrons. The SMILES string of the molecule is CC(C)CN(CC(N)=O)C(=O)c1cc(N)cc(N)c1. The average molecular weight is 264 g/mol. The van der Waals surface area contributed by atoms with Gasteiger partial charge in [0.2, 0.25) is 5.91 Å². The first kappa shape index (κ1) is 14.8. The normalized spacial score (nSPS) is 10.5. The lowest BCUT2D eigenvalue weighted by atomic mass is 10.1. The molecule has 1 aromatic carbocycles. The molecule has 2 amide bonds. The Balaban J connectivity index is 3.00. The van der Waals surface area contributed by atoms with Crippen molar-refractivity contribution < 1.29 is 9.59 Å². The Morgan fingerprint density at radius 1 is 1.16 bits per heavy atom. The third-order valence-corrected chi connectivity index (χ3v) is 2.44. The van der Waals surface area contributed by atoms with Crippen LogP contribution in [0.25, 0.3) is 0 Å². The number of carbonyl (C=O) groups excluding carboxylic acids is 2. The average Bonchev–Trinajstić information content (AvgIpc) is 2.24. The van der Waals surface area contributed by atoms with E-state index in [0.29, 0.717) is 23.5 Å². The van der Waals surface area contributed by atoms with Gasteiger partial charge in [0.1, 0.15) is 0 Å². The molecule has 6 N–H and O–H groups in total. The van der Waals surface area contributed by atoms with Gasteiger partial charge in [-0.15, -0.1) is 0 Å². The number of rotatable bonds is 5. The van der Waals surface area contributed by atoms with Crippen molar-refractivity contribution in [3.05, 3.63) is 23.8 Å². The molecule has 6 heteroatoms. The van der Waals surface area contributed by atoms with Crippen LogP contribution in [0, 0.1) is 5.92 Å². The molecule has 0 aromatic heterocycles. The minimum absolute atomic E-state index is 0.119. The molecule has 0 atom stereocenters. The van der Waals surface area contributed by atoms with Gasteiger partial charge in [0, 0.05) is 23.5 Å². The smallest absolute Gasteiger partial charge is 0.254 e. The highest BCUT2D eigenvalue weighted by atomic mass is 16.2. The lowest BCUT2D eigenvalue weighted by Gasteiger charge is -2.23. The number of nitrogen functional groups attached to an aromatic ring is 2. The highest BCUT2D eigenvalue weighted by Crippen LogP contribution is 2.16. The van der Waals surface area contributed by atoms with Gasteiger partial charge in [-0.3, -0.25) is 9.59 Å².